The Morgan fingerprint density at radius 1 is 1.07 bits per heavy atom. The highest BCUT2D eigenvalue weighted by Gasteiger charge is 2.49. The van der Waals surface area contributed by atoms with Crippen molar-refractivity contribution in [1.29, 1.82) is 5.41 Å². The van der Waals surface area contributed by atoms with Crippen LogP contribution in [0.4, 0.5) is 13.2 Å². The number of nitrogens with zero attached hydrogens (tertiary/aromatic N) is 1. The number of benzene rings is 2. The Bertz CT molecular complexity index is 1200. The first-order valence-electron chi connectivity index (χ1n) is 14.2. The number of hydrogen-bond acceptors (Lipinski definition) is 6. The second kappa shape index (κ2) is 15.0. The summed E-state index contributed by atoms with van der Waals surface area (Å²) < 4.78 is 39.1. The van der Waals surface area contributed by atoms with Crippen LogP contribution in [0.15, 0.2) is 61.3 Å². The lowest BCUT2D eigenvalue weighted by Gasteiger charge is -2.33. The van der Waals surface area contributed by atoms with Gasteiger partial charge < -0.3 is 26.6 Å². The Morgan fingerprint density at radius 3 is 2.12 bits per heavy atom. The first-order valence-corrected chi connectivity index (χ1v) is 14.2. The van der Waals surface area contributed by atoms with Crippen LogP contribution in [0, 0.1) is 5.41 Å². The second-order valence-electron chi connectivity index (χ2n) is 10.5. The zero-order valence-electron chi connectivity index (χ0n) is 24.0. The summed E-state index contributed by atoms with van der Waals surface area (Å²) in [5, 5.41) is 15.3. The maximum absolute atomic E-state index is 13.6. The third-order valence-corrected chi connectivity index (χ3v) is 7.78. The molecule has 8 nitrogen and oxygen atoms in total. The van der Waals surface area contributed by atoms with Gasteiger partial charge in [-0.15, -0.1) is 0 Å². The normalized spacial score (nSPS) is 15.8. The number of fused-ring (bicyclic) bond motifs is 3. The molecule has 11 heteroatoms. The van der Waals surface area contributed by atoms with Crippen LogP contribution in [0.5, 0.6) is 0 Å². The van der Waals surface area contributed by atoms with Crippen molar-refractivity contribution in [3.63, 3.8) is 0 Å². The molecule has 2 aliphatic rings. The molecule has 4 rings (SSSR count). The summed E-state index contributed by atoms with van der Waals surface area (Å²) in [6.07, 6.45) is 0.519. The van der Waals surface area contributed by atoms with E-state index in [9.17, 15) is 22.8 Å². The number of rotatable bonds is 11. The van der Waals surface area contributed by atoms with Crippen LogP contribution in [0.25, 0.3) is 11.1 Å². The Kier molecular flexibility index (Phi) is 11.7. The molecule has 6 N–H and O–H groups in total. The molecule has 0 atom stereocenters. The molecule has 1 saturated heterocycles. The number of alkyl halides is 3. The van der Waals surface area contributed by atoms with Gasteiger partial charge in [0, 0.05) is 32.7 Å². The fraction of sp³-hybridized carbons (Fsp3) is 0.452. The third-order valence-electron chi connectivity index (χ3n) is 7.78. The largest absolute Gasteiger partial charge is 0.405 e. The van der Waals surface area contributed by atoms with E-state index in [1.165, 1.54) is 0 Å². The molecule has 1 aliphatic heterocycles. The molecule has 0 spiro atoms. The van der Waals surface area contributed by atoms with Gasteiger partial charge in [0.1, 0.15) is 17.7 Å². The maximum atomic E-state index is 13.6. The number of unbranched alkanes of at least 4 members (excludes halogenated alkanes) is 1. The molecular weight excluding hydrogens is 545 g/mol. The number of likely N-dealkylation sites (tertiary alicyclic amines) is 1. The number of halogens is 3. The van der Waals surface area contributed by atoms with Gasteiger partial charge in [-0.25, -0.2) is 0 Å². The fourth-order valence-corrected chi connectivity index (χ4v) is 5.68. The van der Waals surface area contributed by atoms with Crippen molar-refractivity contribution >= 4 is 17.5 Å². The quantitative estimate of drug-likeness (QED) is 0.203. The van der Waals surface area contributed by atoms with Crippen LogP contribution in [0.2, 0.25) is 0 Å². The van der Waals surface area contributed by atoms with Crippen molar-refractivity contribution in [2.45, 2.75) is 49.7 Å². The van der Waals surface area contributed by atoms with Crippen LogP contribution in [0.3, 0.4) is 0 Å². The molecule has 42 heavy (non-hydrogen) atoms. The molecule has 0 bridgehead atoms. The average Bonchev–Trinajstić information content (AvgIpc) is 3.29. The van der Waals surface area contributed by atoms with Gasteiger partial charge in [-0.1, -0.05) is 61.5 Å². The van der Waals surface area contributed by atoms with Crippen molar-refractivity contribution < 1.29 is 22.8 Å². The van der Waals surface area contributed by atoms with E-state index in [4.69, 9.17) is 11.1 Å². The third kappa shape index (κ3) is 7.98. The van der Waals surface area contributed by atoms with Gasteiger partial charge in [0.25, 0.3) is 5.91 Å². The van der Waals surface area contributed by atoms with E-state index in [1.807, 2.05) is 55.6 Å². The summed E-state index contributed by atoms with van der Waals surface area (Å²) in [5.74, 6) is -1.04. The van der Waals surface area contributed by atoms with E-state index >= 15 is 0 Å². The summed E-state index contributed by atoms with van der Waals surface area (Å²) in [7, 11) is 1.81. The second-order valence-corrected chi connectivity index (χ2v) is 10.5. The molecule has 0 radical (unpaired) electrons. The molecule has 0 saturated carbocycles. The summed E-state index contributed by atoms with van der Waals surface area (Å²) in [5.41, 5.74) is 7.33. The van der Waals surface area contributed by atoms with Crippen LogP contribution < -0.4 is 21.7 Å². The van der Waals surface area contributed by atoms with Crippen LogP contribution in [0.1, 0.15) is 43.2 Å². The molecule has 228 valence electrons. The molecule has 2 amide bonds. The molecule has 1 heterocycles. The van der Waals surface area contributed by atoms with E-state index in [2.05, 4.69) is 27.4 Å². The lowest BCUT2D eigenvalue weighted by Crippen LogP contribution is -2.48. The Hall–Kier alpha value is -3.70. The lowest BCUT2D eigenvalue weighted by molar-refractivity contribution is -0.141. The number of piperidine rings is 1. The summed E-state index contributed by atoms with van der Waals surface area (Å²) in [6, 6.07) is 15.0. The minimum atomic E-state index is -4.50. The molecule has 2 aromatic carbocycles. The highest BCUT2D eigenvalue weighted by Crippen LogP contribution is 2.51. The number of amides is 2. The molecule has 0 aromatic heterocycles. The van der Waals surface area contributed by atoms with Crippen molar-refractivity contribution in [3.8, 4) is 11.1 Å². The van der Waals surface area contributed by atoms with E-state index in [0.29, 0.717) is 12.8 Å². The SMILES string of the molecule is C=CNC.N=C(CN)C(=O)NC1CCN(CCCCC2(C(=O)NCC(F)(F)F)c3ccccc3-c3ccccc32)CC1. The van der Waals surface area contributed by atoms with Crippen molar-refractivity contribution in [2.75, 3.05) is 39.8 Å². The highest BCUT2D eigenvalue weighted by molar-refractivity contribution is 6.38. The summed E-state index contributed by atoms with van der Waals surface area (Å²) >= 11 is 0. The Morgan fingerprint density at radius 2 is 1.62 bits per heavy atom. The van der Waals surface area contributed by atoms with Crippen LogP contribution in [-0.4, -0.2) is 74.4 Å². The zero-order valence-corrected chi connectivity index (χ0v) is 24.0. The first-order chi connectivity index (χ1) is 20.1. The van der Waals surface area contributed by atoms with Gasteiger partial charge in [-0.3, -0.25) is 15.0 Å². The molecule has 1 aliphatic carbocycles. The molecule has 2 aromatic rings. The van der Waals surface area contributed by atoms with Gasteiger partial charge >= 0.3 is 6.18 Å². The predicted molar refractivity (Wildman–Crippen MR) is 159 cm³/mol. The van der Waals surface area contributed by atoms with Gasteiger partial charge in [-0.2, -0.15) is 13.2 Å². The number of nitrogens with two attached hydrogens (primary N) is 1. The summed E-state index contributed by atoms with van der Waals surface area (Å²) in [6.45, 7) is 4.30. The van der Waals surface area contributed by atoms with Crippen LogP contribution in [-0.2, 0) is 15.0 Å². The van der Waals surface area contributed by atoms with E-state index in [0.717, 1.165) is 61.2 Å². The van der Waals surface area contributed by atoms with Gasteiger partial charge in [0.2, 0.25) is 5.91 Å². The van der Waals surface area contributed by atoms with E-state index < -0.39 is 30.0 Å². The number of nitrogens with one attached hydrogen (secondary N) is 4. The summed E-state index contributed by atoms with van der Waals surface area (Å²) in [4.78, 5) is 27.7. The average molecular weight is 587 g/mol. The van der Waals surface area contributed by atoms with Crippen molar-refractivity contribution in [2.24, 2.45) is 5.73 Å². The van der Waals surface area contributed by atoms with Gasteiger partial charge in [0.05, 0.1) is 0 Å². The van der Waals surface area contributed by atoms with Crippen molar-refractivity contribution in [1.82, 2.24) is 20.9 Å². The minimum Gasteiger partial charge on any atom is -0.394 e. The number of carbonyl (C=O) groups excluding carboxylic acids is 2. The highest BCUT2D eigenvalue weighted by atomic mass is 19.4. The monoisotopic (exact) mass is 586 g/mol. The topological polar surface area (TPSA) is 123 Å². The first kappa shape index (κ1) is 32.8. The number of carbonyl (C=O) groups is 2. The molecule has 1 fully saturated rings. The Labute approximate surface area is 245 Å². The zero-order chi connectivity index (χ0) is 30.8. The minimum absolute atomic E-state index is 0.0118. The predicted octanol–water partition coefficient (Wildman–Crippen LogP) is 3.71. The standard InChI is InChI=1S/C28H34F3N5O2.C3H7N/c29-28(30,31)18-34-26(38)27(22-9-3-1-7-20(22)21-8-2-4-10-23(21)27)13-5-6-14-36-15-11-19(12-16-36)35-25(37)24(33)17-32;1-3-4-2/h1-4,7-10,19,33H,5-6,11-18,32H2,(H,34,38)(H,35,37);3-4H,1H2,2H3. The lowest BCUT2D eigenvalue weighted by atomic mass is 9.73. The van der Waals surface area contributed by atoms with Crippen molar-refractivity contribution in [3.05, 3.63) is 72.4 Å². The smallest absolute Gasteiger partial charge is 0.394 e. The van der Waals surface area contributed by atoms with E-state index in [1.54, 1.807) is 6.20 Å². The van der Waals surface area contributed by atoms with Crippen LogP contribution >= 0.6 is 0 Å². The van der Waals surface area contributed by atoms with Gasteiger partial charge in [-0.05, 0) is 60.7 Å². The number of hydrogen-bond donors (Lipinski definition) is 5. The molecular formula is C31H41F3N6O2. The maximum Gasteiger partial charge on any atom is 0.405 e. The molecule has 0 unspecified atom stereocenters. The fourth-order valence-electron chi connectivity index (χ4n) is 5.68. The van der Waals surface area contributed by atoms with Gasteiger partial charge in [0.15, 0.2) is 0 Å². The van der Waals surface area contributed by atoms with E-state index in [-0.39, 0.29) is 18.3 Å². The Balaban J connectivity index is 0.00000114.